The molecule has 0 aliphatic heterocycles. The lowest BCUT2D eigenvalue weighted by atomic mass is 10.2. The fourth-order valence-corrected chi connectivity index (χ4v) is 1.96. The number of aromatic carboxylic acids is 1. The van der Waals surface area contributed by atoms with Crippen molar-refractivity contribution in [3.8, 4) is 0 Å². The van der Waals surface area contributed by atoms with E-state index in [1.54, 1.807) is 0 Å². The first-order valence-electron chi connectivity index (χ1n) is 4.00. The first-order chi connectivity index (χ1) is 7.08. The maximum atomic E-state index is 12.3. The van der Waals surface area contributed by atoms with Gasteiger partial charge in [-0.05, 0) is 12.1 Å². The first-order valence-corrected chi connectivity index (χ1v) is 4.81. The van der Waals surface area contributed by atoms with Gasteiger partial charge in [0, 0.05) is 5.56 Å². The molecule has 1 aromatic heterocycles. The summed E-state index contributed by atoms with van der Waals surface area (Å²) in [6.07, 6.45) is -2.57. The smallest absolute Gasteiger partial charge is 0.365 e. The number of hydrogen-bond acceptors (Lipinski definition) is 3. The number of thiazole rings is 1. The molecule has 0 amide bonds. The highest BCUT2D eigenvalue weighted by Gasteiger charge is 2.13. The molecule has 78 valence electrons. The number of fused-ring (bicyclic) bond motifs is 1. The molecule has 1 N–H and O–H groups in total. The number of carbonyl (C=O) groups is 1. The van der Waals surface area contributed by atoms with Crippen LogP contribution in [0.1, 0.15) is 21.8 Å². The summed E-state index contributed by atoms with van der Waals surface area (Å²) in [7, 11) is 0. The summed E-state index contributed by atoms with van der Waals surface area (Å²) >= 11 is 0.970. The molecule has 1 heterocycles. The van der Waals surface area contributed by atoms with Gasteiger partial charge in [0.05, 0.1) is 10.2 Å². The molecule has 1 aromatic carbocycles. The van der Waals surface area contributed by atoms with Gasteiger partial charge in [0.1, 0.15) is 0 Å². The van der Waals surface area contributed by atoms with Crippen LogP contribution in [-0.2, 0) is 0 Å². The van der Waals surface area contributed by atoms with E-state index in [0.717, 1.165) is 11.3 Å². The molecule has 3 nitrogen and oxygen atoms in total. The van der Waals surface area contributed by atoms with Crippen LogP contribution in [0.2, 0.25) is 0 Å². The number of benzene rings is 1. The van der Waals surface area contributed by atoms with Crippen molar-refractivity contribution in [3.05, 3.63) is 28.8 Å². The van der Waals surface area contributed by atoms with Crippen LogP contribution in [0, 0.1) is 0 Å². The number of rotatable bonds is 2. The van der Waals surface area contributed by atoms with E-state index in [-0.39, 0.29) is 10.6 Å². The Morgan fingerprint density at radius 3 is 2.80 bits per heavy atom. The van der Waals surface area contributed by atoms with Crippen molar-refractivity contribution in [1.82, 2.24) is 4.98 Å². The van der Waals surface area contributed by atoms with Crippen molar-refractivity contribution in [2.24, 2.45) is 0 Å². The summed E-state index contributed by atoms with van der Waals surface area (Å²) in [5.41, 5.74) is 0.153. The number of alkyl halides is 2. The Balaban J connectivity index is 2.57. The van der Waals surface area contributed by atoms with Crippen molar-refractivity contribution in [2.75, 3.05) is 0 Å². The maximum absolute atomic E-state index is 12.3. The van der Waals surface area contributed by atoms with E-state index < -0.39 is 12.4 Å². The van der Waals surface area contributed by atoms with Crippen LogP contribution in [0.3, 0.4) is 0 Å². The topological polar surface area (TPSA) is 50.2 Å². The van der Waals surface area contributed by atoms with Crippen LogP contribution < -0.4 is 0 Å². The zero-order chi connectivity index (χ0) is 11.0. The first kappa shape index (κ1) is 9.97. The van der Waals surface area contributed by atoms with Gasteiger partial charge in [-0.2, -0.15) is 0 Å². The van der Waals surface area contributed by atoms with Crippen molar-refractivity contribution in [2.45, 2.75) is 6.43 Å². The molecule has 0 saturated heterocycles. The van der Waals surface area contributed by atoms with Gasteiger partial charge in [-0.15, -0.1) is 11.3 Å². The molecule has 0 radical (unpaired) electrons. The Hall–Kier alpha value is -1.56. The van der Waals surface area contributed by atoms with Gasteiger partial charge in [0.25, 0.3) is 6.43 Å². The molecule has 0 fully saturated rings. The Morgan fingerprint density at radius 2 is 2.20 bits per heavy atom. The fourth-order valence-electron chi connectivity index (χ4n) is 1.17. The zero-order valence-electron chi connectivity index (χ0n) is 7.28. The molecular weight excluding hydrogens is 224 g/mol. The summed E-state index contributed by atoms with van der Waals surface area (Å²) in [5.74, 6) is -1.14. The quantitative estimate of drug-likeness (QED) is 0.861. The predicted octanol–water partition coefficient (Wildman–Crippen LogP) is 2.93. The molecule has 2 aromatic rings. The lowest BCUT2D eigenvalue weighted by Crippen LogP contribution is -1.93. The third-order valence-electron chi connectivity index (χ3n) is 1.85. The zero-order valence-corrected chi connectivity index (χ0v) is 8.09. The average Bonchev–Trinajstić information content (AvgIpc) is 2.59. The third-order valence-corrected chi connectivity index (χ3v) is 2.87. The Bertz CT molecular complexity index is 524. The summed E-state index contributed by atoms with van der Waals surface area (Å²) in [5, 5.41) is 8.58. The lowest BCUT2D eigenvalue weighted by molar-refractivity contribution is 0.0696. The second-order valence-electron chi connectivity index (χ2n) is 2.85. The van der Waals surface area contributed by atoms with E-state index >= 15 is 0 Å². The maximum Gasteiger partial charge on any atom is 0.365 e. The van der Waals surface area contributed by atoms with E-state index in [9.17, 15) is 13.6 Å². The third kappa shape index (κ3) is 1.80. The minimum atomic E-state index is -2.57. The molecule has 15 heavy (non-hydrogen) atoms. The molecule has 6 heteroatoms. The van der Waals surface area contributed by atoms with Crippen LogP contribution in [0.5, 0.6) is 0 Å². The van der Waals surface area contributed by atoms with Gasteiger partial charge in [-0.3, -0.25) is 0 Å². The van der Waals surface area contributed by atoms with Crippen molar-refractivity contribution >= 4 is 27.5 Å². The molecule has 0 aliphatic rings. The van der Waals surface area contributed by atoms with Crippen LogP contribution in [0.25, 0.3) is 10.2 Å². The number of nitrogens with zero attached hydrogens (tertiary/aromatic N) is 1. The number of hydrogen-bond donors (Lipinski definition) is 1. The normalized spacial score (nSPS) is 11.1. The van der Waals surface area contributed by atoms with Crippen LogP contribution in [-0.4, -0.2) is 16.1 Å². The predicted molar refractivity (Wildman–Crippen MR) is 51.5 cm³/mol. The molecule has 0 saturated carbocycles. The summed E-state index contributed by atoms with van der Waals surface area (Å²) in [6, 6.07) is 3.95. The van der Waals surface area contributed by atoms with Crippen LogP contribution in [0.15, 0.2) is 18.2 Å². The highest BCUT2D eigenvalue weighted by Crippen LogP contribution is 2.27. The molecule has 0 atom stereocenters. The van der Waals surface area contributed by atoms with Crippen LogP contribution in [0.4, 0.5) is 8.78 Å². The Kier molecular flexibility index (Phi) is 2.36. The van der Waals surface area contributed by atoms with E-state index in [1.165, 1.54) is 18.2 Å². The van der Waals surface area contributed by atoms with Gasteiger partial charge >= 0.3 is 5.97 Å². The molecule has 0 unspecified atom stereocenters. The number of carboxylic acid groups (broad SMARTS) is 1. The molecule has 0 bridgehead atoms. The molecule has 0 spiro atoms. The van der Waals surface area contributed by atoms with Crippen molar-refractivity contribution in [3.63, 3.8) is 0 Å². The molecule has 0 aliphatic carbocycles. The number of halogens is 2. The summed E-state index contributed by atoms with van der Waals surface area (Å²) < 4.78 is 25.2. The van der Waals surface area contributed by atoms with E-state index in [0.29, 0.717) is 10.2 Å². The SMILES string of the molecule is O=C(O)c1nc2cc(C(F)F)ccc2s1. The second kappa shape index (κ2) is 3.54. The van der Waals surface area contributed by atoms with Crippen molar-refractivity contribution < 1.29 is 18.7 Å². The van der Waals surface area contributed by atoms with E-state index in [1.807, 2.05) is 0 Å². The summed E-state index contributed by atoms with van der Waals surface area (Å²) in [6.45, 7) is 0. The summed E-state index contributed by atoms with van der Waals surface area (Å²) in [4.78, 5) is 14.3. The Labute approximate surface area is 87.0 Å². The van der Waals surface area contributed by atoms with E-state index in [4.69, 9.17) is 5.11 Å². The van der Waals surface area contributed by atoms with Gasteiger partial charge in [0.15, 0.2) is 0 Å². The number of carboxylic acids is 1. The highest BCUT2D eigenvalue weighted by atomic mass is 32.1. The molecule has 2 rings (SSSR count). The van der Waals surface area contributed by atoms with Gasteiger partial charge in [0.2, 0.25) is 5.01 Å². The standard InChI is InChI=1S/C9H5F2NO2S/c10-7(11)4-1-2-6-5(3-4)12-8(15-6)9(13)14/h1-3,7H,(H,13,14). The van der Waals surface area contributed by atoms with Gasteiger partial charge in [-0.1, -0.05) is 6.07 Å². The largest absolute Gasteiger partial charge is 0.476 e. The van der Waals surface area contributed by atoms with Gasteiger partial charge < -0.3 is 5.11 Å². The Morgan fingerprint density at radius 1 is 1.47 bits per heavy atom. The second-order valence-corrected chi connectivity index (χ2v) is 3.88. The van der Waals surface area contributed by atoms with Crippen LogP contribution >= 0.6 is 11.3 Å². The lowest BCUT2D eigenvalue weighted by Gasteiger charge is -1.96. The number of aromatic nitrogens is 1. The molecular formula is C9H5F2NO2S. The van der Waals surface area contributed by atoms with Crippen molar-refractivity contribution in [1.29, 1.82) is 0 Å². The minimum Gasteiger partial charge on any atom is -0.476 e. The fraction of sp³-hybridized carbons (Fsp3) is 0.111. The van der Waals surface area contributed by atoms with Gasteiger partial charge in [-0.25, -0.2) is 18.6 Å². The van der Waals surface area contributed by atoms with E-state index in [2.05, 4.69) is 4.98 Å². The average molecular weight is 229 g/mol. The highest BCUT2D eigenvalue weighted by molar-refractivity contribution is 7.20. The monoisotopic (exact) mass is 229 g/mol. The minimum absolute atomic E-state index is 0.0867.